The molecule has 222 valence electrons. The van der Waals surface area contributed by atoms with Crippen molar-refractivity contribution in [2.75, 3.05) is 5.32 Å². The van der Waals surface area contributed by atoms with Gasteiger partial charge in [0.25, 0.3) is 5.91 Å². The Balaban J connectivity index is 1.99. The van der Waals surface area contributed by atoms with E-state index < -0.39 is 81.7 Å². The molecule has 0 heterocycles. The second kappa shape index (κ2) is 11.9. The second-order valence-corrected chi connectivity index (χ2v) is 8.78. The fourth-order valence-electron chi connectivity index (χ4n) is 3.66. The summed E-state index contributed by atoms with van der Waals surface area (Å²) in [6, 6.07) is 9.45. The molecule has 0 aliphatic carbocycles. The van der Waals surface area contributed by atoms with Crippen LogP contribution >= 0.6 is 11.6 Å². The molecule has 3 aromatic carbocycles. The van der Waals surface area contributed by atoms with E-state index >= 15 is 4.39 Å². The van der Waals surface area contributed by atoms with Gasteiger partial charge in [-0.15, -0.1) is 0 Å². The predicted molar refractivity (Wildman–Crippen MR) is 127 cm³/mol. The highest BCUT2D eigenvalue weighted by atomic mass is 35.5. The summed E-state index contributed by atoms with van der Waals surface area (Å²) in [6.07, 6.45) is -14.4. The lowest BCUT2D eigenvalue weighted by molar-refractivity contribution is -0.348. The third-order valence-corrected chi connectivity index (χ3v) is 6.05. The zero-order valence-electron chi connectivity index (χ0n) is 20.3. The van der Waals surface area contributed by atoms with E-state index in [4.69, 9.17) is 16.9 Å². The molecule has 0 saturated heterocycles. The molecule has 0 aliphatic heterocycles. The molecule has 0 aliphatic rings. The van der Waals surface area contributed by atoms with E-state index in [0.717, 1.165) is 18.2 Å². The molecule has 0 saturated carbocycles. The molecule has 5 nitrogen and oxygen atoms in total. The number of carbonyl (C=O) groups is 2. The largest absolute Gasteiger partial charge is 0.435 e. The van der Waals surface area contributed by atoms with Gasteiger partial charge < -0.3 is 10.1 Å². The van der Waals surface area contributed by atoms with Gasteiger partial charge in [0.2, 0.25) is 0 Å². The van der Waals surface area contributed by atoms with Crippen molar-refractivity contribution in [3.63, 3.8) is 0 Å². The van der Waals surface area contributed by atoms with Gasteiger partial charge in [0.15, 0.2) is 11.6 Å². The highest BCUT2D eigenvalue weighted by molar-refractivity contribution is 6.32. The maximum absolute atomic E-state index is 15.2. The predicted octanol–water partition coefficient (Wildman–Crippen LogP) is 7.92. The Hall–Kier alpha value is -4.32. The Kier molecular flexibility index (Phi) is 9.11. The lowest BCUT2D eigenvalue weighted by Gasteiger charge is -2.31. The minimum atomic E-state index is -6.61. The molecule has 0 bridgehead atoms. The van der Waals surface area contributed by atoms with Crippen LogP contribution in [0.25, 0.3) is 0 Å². The molecule has 0 radical (unpaired) electrons. The number of benzene rings is 3. The van der Waals surface area contributed by atoms with Gasteiger partial charge >= 0.3 is 24.6 Å². The molecule has 16 heteroatoms. The first kappa shape index (κ1) is 32.2. The maximum Gasteiger partial charge on any atom is 0.435 e. The number of nitrogens with one attached hydrogen (secondary N) is 1. The minimum absolute atomic E-state index is 0.00700. The van der Waals surface area contributed by atoms with Gasteiger partial charge in [-0.2, -0.15) is 40.4 Å². The second-order valence-electron chi connectivity index (χ2n) is 8.38. The number of rotatable bonds is 8. The van der Waals surface area contributed by atoms with Crippen LogP contribution in [0.15, 0.2) is 54.6 Å². The van der Waals surface area contributed by atoms with E-state index in [-0.39, 0.29) is 23.3 Å². The number of amides is 1. The number of nitrogens with zero attached hydrogens (tertiary/aromatic N) is 1. The van der Waals surface area contributed by atoms with Crippen LogP contribution in [0.3, 0.4) is 0 Å². The smallest absolute Gasteiger partial charge is 0.434 e. The van der Waals surface area contributed by atoms with Crippen LogP contribution in [0.5, 0.6) is 5.75 Å². The monoisotopic (exact) mass is 626 g/mol. The molecule has 0 aromatic heterocycles. The van der Waals surface area contributed by atoms with Crippen molar-refractivity contribution in [1.29, 1.82) is 5.26 Å². The Morgan fingerprint density at radius 1 is 0.952 bits per heavy atom. The average molecular weight is 627 g/mol. The Bertz CT molecular complexity index is 1530. The number of nitriles is 1. The molecular formula is C26H13ClF10N2O3. The van der Waals surface area contributed by atoms with Gasteiger partial charge in [-0.3, -0.25) is 9.59 Å². The molecule has 3 aromatic rings. The van der Waals surface area contributed by atoms with Crippen molar-refractivity contribution in [2.45, 2.75) is 31.1 Å². The van der Waals surface area contributed by atoms with E-state index in [2.05, 4.69) is 10.1 Å². The van der Waals surface area contributed by atoms with Crippen molar-refractivity contribution in [1.82, 2.24) is 0 Å². The van der Waals surface area contributed by atoms with E-state index in [1.165, 1.54) is 24.3 Å². The van der Waals surface area contributed by atoms with E-state index in [1.807, 2.05) is 6.07 Å². The van der Waals surface area contributed by atoms with E-state index in [0.29, 0.717) is 0 Å². The summed E-state index contributed by atoms with van der Waals surface area (Å²) in [5.41, 5.74) is -10.3. The van der Waals surface area contributed by atoms with E-state index in [1.54, 1.807) is 0 Å². The normalized spacial score (nSPS) is 12.2. The number of alkyl halides is 9. The number of ether oxygens (including phenoxy) is 1. The molecular weight excluding hydrogens is 614 g/mol. The first-order chi connectivity index (χ1) is 19.4. The van der Waals surface area contributed by atoms with Gasteiger partial charge in [-0.05, 0) is 48.5 Å². The third-order valence-electron chi connectivity index (χ3n) is 5.71. The van der Waals surface area contributed by atoms with E-state index in [9.17, 15) is 49.1 Å². The summed E-state index contributed by atoms with van der Waals surface area (Å²) < 4.78 is 139. The first-order valence-electron chi connectivity index (χ1n) is 11.1. The summed E-state index contributed by atoms with van der Waals surface area (Å²) >= 11 is 5.74. The molecule has 1 amide bonds. The molecule has 42 heavy (non-hydrogen) atoms. The van der Waals surface area contributed by atoms with Crippen LogP contribution in [-0.2, 0) is 12.1 Å². The average Bonchev–Trinajstić information content (AvgIpc) is 2.89. The van der Waals surface area contributed by atoms with Crippen molar-refractivity contribution in [3.8, 4) is 11.8 Å². The standard InChI is InChI=1S/C26H13ClF10N2O3/c27-17-8-14(24(31,25(32,33)34)26(35,36)37)9-20(42-23(29)30)16(17)10-19(40)15-2-1-3-18(21(15)28)39-22(41)13-6-4-12(11-38)5-7-13/h1-9,23H,10H2,(H,39,41). The van der Waals surface area contributed by atoms with Crippen molar-refractivity contribution < 1.29 is 58.2 Å². The van der Waals surface area contributed by atoms with Crippen LogP contribution in [0, 0.1) is 17.1 Å². The van der Waals surface area contributed by atoms with Gasteiger partial charge in [0.05, 0.1) is 22.9 Å². The molecule has 1 N–H and O–H groups in total. The highest BCUT2D eigenvalue weighted by Crippen LogP contribution is 2.54. The summed E-state index contributed by atoms with van der Waals surface area (Å²) in [5.74, 6) is -4.99. The Morgan fingerprint density at radius 3 is 2.07 bits per heavy atom. The Labute approximate surface area is 234 Å². The molecule has 0 unspecified atom stereocenters. The highest BCUT2D eigenvalue weighted by Gasteiger charge is 2.73. The SMILES string of the molecule is N#Cc1ccc(C(=O)Nc2cccc(C(=O)Cc3c(Cl)cc(C(F)(C(F)(F)F)C(F)(F)F)cc3OC(F)F)c2F)cc1. The number of hydrogen-bond acceptors (Lipinski definition) is 4. The lowest BCUT2D eigenvalue weighted by Crippen LogP contribution is -2.50. The minimum Gasteiger partial charge on any atom is -0.434 e. The number of hydrogen-bond donors (Lipinski definition) is 1. The van der Waals surface area contributed by atoms with Gasteiger partial charge in [0.1, 0.15) is 5.75 Å². The summed E-state index contributed by atoms with van der Waals surface area (Å²) in [7, 11) is 0. The van der Waals surface area contributed by atoms with Crippen LogP contribution in [0.4, 0.5) is 49.6 Å². The van der Waals surface area contributed by atoms with Crippen molar-refractivity contribution >= 4 is 29.0 Å². The van der Waals surface area contributed by atoms with Crippen LogP contribution in [0.2, 0.25) is 5.02 Å². The topological polar surface area (TPSA) is 79.2 Å². The zero-order valence-corrected chi connectivity index (χ0v) is 21.1. The number of anilines is 1. The lowest BCUT2D eigenvalue weighted by atomic mass is 9.91. The van der Waals surface area contributed by atoms with Gasteiger partial charge in [0, 0.05) is 28.1 Å². The molecule has 3 rings (SSSR count). The molecule has 0 fully saturated rings. The first-order valence-corrected chi connectivity index (χ1v) is 11.5. The van der Waals surface area contributed by atoms with Gasteiger partial charge in [-0.25, -0.2) is 8.78 Å². The summed E-state index contributed by atoms with van der Waals surface area (Å²) in [5, 5.41) is 9.80. The molecule has 0 atom stereocenters. The summed E-state index contributed by atoms with van der Waals surface area (Å²) in [6.45, 7) is -3.87. The number of carbonyl (C=O) groups excluding carboxylic acids is 2. The van der Waals surface area contributed by atoms with Crippen molar-refractivity contribution in [2.24, 2.45) is 0 Å². The quantitative estimate of drug-likeness (QED) is 0.204. The zero-order chi connectivity index (χ0) is 31.6. The molecule has 0 spiro atoms. The third kappa shape index (κ3) is 6.43. The number of halogens is 11. The van der Waals surface area contributed by atoms with Crippen molar-refractivity contribution in [3.05, 3.63) is 93.3 Å². The van der Waals surface area contributed by atoms with Gasteiger partial charge in [-0.1, -0.05) is 17.7 Å². The fourth-order valence-corrected chi connectivity index (χ4v) is 3.94. The maximum atomic E-state index is 15.2. The number of Topliss-reactive ketones (excluding diaryl/α,β-unsaturated/α-hetero) is 1. The summed E-state index contributed by atoms with van der Waals surface area (Å²) in [4.78, 5) is 25.3. The van der Waals surface area contributed by atoms with Crippen LogP contribution in [-0.4, -0.2) is 30.7 Å². The van der Waals surface area contributed by atoms with Crippen LogP contribution in [0.1, 0.15) is 37.4 Å². The fraction of sp³-hybridized carbons (Fsp3) is 0.192. The van der Waals surface area contributed by atoms with Crippen LogP contribution < -0.4 is 10.1 Å². The Morgan fingerprint density at radius 2 is 1.55 bits per heavy atom. The number of ketones is 1.